The normalized spacial score (nSPS) is 13.8. The van der Waals surface area contributed by atoms with E-state index in [4.69, 9.17) is 4.74 Å². The molecule has 0 aliphatic rings. The summed E-state index contributed by atoms with van der Waals surface area (Å²) in [6, 6.07) is 5.39. The fourth-order valence-corrected chi connectivity index (χ4v) is 4.35. The number of carbonyl (C=O) groups is 3. The van der Waals surface area contributed by atoms with Crippen LogP contribution in [0.3, 0.4) is 0 Å². The van der Waals surface area contributed by atoms with E-state index in [0.29, 0.717) is 24.4 Å². The maximum atomic E-state index is 14.1. The fraction of sp³-hybridized carbons (Fsp3) is 0.633. The van der Waals surface area contributed by atoms with Gasteiger partial charge in [-0.25, -0.2) is 4.79 Å². The second kappa shape index (κ2) is 16.5. The lowest BCUT2D eigenvalue weighted by atomic mass is 9.96. The number of thiol groups is 1. The van der Waals surface area contributed by atoms with Crippen LogP contribution in [0.2, 0.25) is 0 Å². The van der Waals surface area contributed by atoms with Crippen molar-refractivity contribution in [3.05, 3.63) is 42.0 Å². The predicted octanol–water partition coefficient (Wildman–Crippen LogP) is 6.15. The maximum Gasteiger partial charge on any atom is 0.408 e. The first-order chi connectivity index (χ1) is 17.8. The molecule has 0 saturated carbocycles. The van der Waals surface area contributed by atoms with Gasteiger partial charge in [-0.05, 0) is 70.1 Å². The van der Waals surface area contributed by atoms with Gasteiger partial charge in [0.1, 0.15) is 17.7 Å². The molecule has 3 amide bonds. The van der Waals surface area contributed by atoms with Gasteiger partial charge < -0.3 is 20.3 Å². The molecule has 214 valence electrons. The van der Waals surface area contributed by atoms with Crippen molar-refractivity contribution in [2.24, 2.45) is 5.92 Å². The smallest absolute Gasteiger partial charge is 0.408 e. The van der Waals surface area contributed by atoms with Crippen molar-refractivity contribution < 1.29 is 19.1 Å². The third-order valence-electron chi connectivity index (χ3n) is 6.13. The number of nitrogens with one attached hydrogen (secondary N) is 2. The summed E-state index contributed by atoms with van der Waals surface area (Å²) in [5, 5.41) is 5.72. The molecule has 0 heterocycles. The van der Waals surface area contributed by atoms with Crippen molar-refractivity contribution in [1.29, 1.82) is 0 Å². The molecule has 38 heavy (non-hydrogen) atoms. The Balaban J connectivity index is 3.51. The van der Waals surface area contributed by atoms with Crippen LogP contribution in [0.1, 0.15) is 97.7 Å². The average Bonchev–Trinajstić information content (AvgIpc) is 2.85. The maximum absolute atomic E-state index is 14.1. The highest BCUT2D eigenvalue weighted by Gasteiger charge is 2.38. The van der Waals surface area contributed by atoms with E-state index in [-0.39, 0.29) is 23.6 Å². The molecule has 0 bridgehead atoms. The zero-order chi connectivity index (χ0) is 28.9. The molecule has 7 nitrogen and oxygen atoms in total. The van der Waals surface area contributed by atoms with Crippen molar-refractivity contribution in [1.82, 2.24) is 15.5 Å². The van der Waals surface area contributed by atoms with Crippen LogP contribution in [0.25, 0.3) is 6.08 Å². The minimum atomic E-state index is -0.965. The average molecular weight is 548 g/mol. The highest BCUT2D eigenvalue weighted by Crippen LogP contribution is 2.28. The van der Waals surface area contributed by atoms with E-state index in [1.807, 2.05) is 31.2 Å². The monoisotopic (exact) mass is 547 g/mol. The zero-order valence-electron chi connectivity index (χ0n) is 24.4. The fourth-order valence-electron chi connectivity index (χ4n) is 4.11. The molecule has 0 aliphatic heterocycles. The molecule has 8 heteroatoms. The Hall–Kier alpha value is -2.48. The summed E-state index contributed by atoms with van der Waals surface area (Å²) in [5.74, 6) is -0.134. The highest BCUT2D eigenvalue weighted by molar-refractivity contribution is 7.80. The first-order valence-corrected chi connectivity index (χ1v) is 14.4. The predicted molar refractivity (Wildman–Crippen MR) is 159 cm³/mol. The van der Waals surface area contributed by atoms with E-state index in [1.165, 1.54) is 0 Å². The lowest BCUT2D eigenvalue weighted by molar-refractivity contribution is -0.144. The summed E-state index contributed by atoms with van der Waals surface area (Å²) < 4.78 is 5.39. The lowest BCUT2D eigenvalue weighted by Gasteiger charge is -2.38. The van der Waals surface area contributed by atoms with Crippen LogP contribution in [0.5, 0.6) is 0 Å². The van der Waals surface area contributed by atoms with Gasteiger partial charge in [0.25, 0.3) is 0 Å². The first-order valence-electron chi connectivity index (χ1n) is 13.8. The van der Waals surface area contributed by atoms with Gasteiger partial charge in [0.15, 0.2) is 0 Å². The van der Waals surface area contributed by atoms with Crippen LogP contribution < -0.4 is 10.6 Å². The van der Waals surface area contributed by atoms with Crippen molar-refractivity contribution in [2.75, 3.05) is 12.3 Å². The molecule has 1 aromatic carbocycles. The van der Waals surface area contributed by atoms with Gasteiger partial charge in [0, 0.05) is 18.3 Å². The largest absolute Gasteiger partial charge is 0.444 e. The Kier molecular flexibility index (Phi) is 14.5. The number of ether oxygens (including phenoxy) is 1. The summed E-state index contributed by atoms with van der Waals surface area (Å²) in [6.07, 6.45) is 5.51. The summed E-state index contributed by atoms with van der Waals surface area (Å²) in [4.78, 5) is 42.1. The molecule has 0 fully saturated rings. The van der Waals surface area contributed by atoms with Crippen LogP contribution in [0.15, 0.2) is 30.8 Å². The van der Waals surface area contributed by atoms with Gasteiger partial charge >= 0.3 is 6.09 Å². The minimum Gasteiger partial charge on any atom is -0.444 e. The van der Waals surface area contributed by atoms with Crippen molar-refractivity contribution in [3.8, 4) is 0 Å². The van der Waals surface area contributed by atoms with E-state index >= 15 is 0 Å². The number of benzene rings is 1. The molecule has 2 N–H and O–H groups in total. The molecule has 0 saturated heterocycles. The van der Waals surface area contributed by atoms with Crippen molar-refractivity contribution in [2.45, 2.75) is 104 Å². The number of hydrogen-bond acceptors (Lipinski definition) is 5. The number of hydrogen-bond donors (Lipinski definition) is 3. The topological polar surface area (TPSA) is 87.7 Å². The second-order valence-electron chi connectivity index (χ2n) is 11.2. The van der Waals surface area contributed by atoms with Crippen LogP contribution in [-0.2, 0) is 14.3 Å². The molecule has 0 radical (unpaired) electrons. The van der Waals surface area contributed by atoms with E-state index in [1.54, 1.807) is 31.7 Å². The third kappa shape index (κ3) is 11.5. The Morgan fingerprint density at radius 1 is 1.13 bits per heavy atom. The van der Waals surface area contributed by atoms with Gasteiger partial charge in [-0.2, -0.15) is 12.6 Å². The summed E-state index contributed by atoms with van der Waals surface area (Å²) in [7, 11) is 0. The van der Waals surface area contributed by atoms with E-state index < -0.39 is 23.8 Å². The molecular formula is C30H49N3O4S. The Morgan fingerprint density at radius 2 is 1.82 bits per heavy atom. The summed E-state index contributed by atoms with van der Waals surface area (Å²) in [5.41, 5.74) is 0.825. The van der Waals surface area contributed by atoms with Crippen LogP contribution in [-0.4, -0.2) is 52.8 Å². The number of rotatable bonds is 15. The number of carbonyl (C=O) groups excluding carboxylic acids is 3. The molecule has 0 aromatic heterocycles. The number of alkyl carbamates (subject to hydrolysis) is 1. The van der Waals surface area contributed by atoms with Crippen LogP contribution >= 0.6 is 12.6 Å². The SMILES string of the molecule is C=Cc1cccc(C(C(=O)NCCCCC)N(C(=O)C(CS)NC(=O)OC(C)(C)C)C(C)CCC(C)C)c1. The number of amides is 3. The first kappa shape index (κ1) is 33.5. The van der Waals surface area contributed by atoms with Crippen LogP contribution in [0.4, 0.5) is 4.79 Å². The lowest BCUT2D eigenvalue weighted by Crippen LogP contribution is -2.56. The Bertz CT molecular complexity index is 913. The standard InChI is InChI=1S/C30H49N3O4S/c1-9-11-12-18-31-27(34)26(24-15-13-14-23(10-2)19-24)33(22(5)17-16-21(3)4)28(35)25(20-38)32-29(36)37-30(6,7)8/h10,13-15,19,21-22,25-26,38H,2,9,11-12,16-18,20H2,1,3-8H3,(H,31,34)(H,32,36). The molecule has 1 aromatic rings. The van der Waals surface area contributed by atoms with Crippen molar-refractivity contribution in [3.63, 3.8) is 0 Å². The van der Waals surface area contributed by atoms with Gasteiger partial charge in [-0.15, -0.1) is 0 Å². The number of unbranched alkanes of at least 4 members (excludes halogenated alkanes) is 2. The summed E-state index contributed by atoms with van der Waals surface area (Å²) in [6.45, 7) is 18.0. The zero-order valence-corrected chi connectivity index (χ0v) is 25.3. The Labute approximate surface area is 235 Å². The van der Waals surface area contributed by atoms with Gasteiger partial charge in [-0.1, -0.05) is 64.5 Å². The molecule has 1 rings (SSSR count). The van der Waals surface area contributed by atoms with Crippen LogP contribution in [0, 0.1) is 5.92 Å². The molecule has 0 spiro atoms. The summed E-state index contributed by atoms with van der Waals surface area (Å²) >= 11 is 4.38. The Morgan fingerprint density at radius 3 is 2.37 bits per heavy atom. The molecule has 3 unspecified atom stereocenters. The molecule has 3 atom stereocenters. The highest BCUT2D eigenvalue weighted by atomic mass is 32.1. The molecular weight excluding hydrogens is 498 g/mol. The van der Waals surface area contributed by atoms with Gasteiger partial charge in [0.05, 0.1) is 0 Å². The molecule has 0 aliphatic carbocycles. The quantitative estimate of drug-likeness (QED) is 0.181. The van der Waals surface area contributed by atoms with E-state index in [0.717, 1.165) is 31.2 Å². The third-order valence-corrected chi connectivity index (χ3v) is 6.50. The van der Waals surface area contributed by atoms with E-state index in [2.05, 4.69) is 50.6 Å². The van der Waals surface area contributed by atoms with Crippen molar-refractivity contribution >= 4 is 36.6 Å². The minimum absolute atomic E-state index is 0.0585. The second-order valence-corrected chi connectivity index (χ2v) is 11.6. The van der Waals surface area contributed by atoms with E-state index in [9.17, 15) is 14.4 Å². The van der Waals surface area contributed by atoms with Gasteiger partial charge in [0.2, 0.25) is 11.8 Å². The van der Waals surface area contributed by atoms with Gasteiger partial charge in [-0.3, -0.25) is 9.59 Å². The number of nitrogens with zero attached hydrogens (tertiary/aromatic N) is 1.